The van der Waals surface area contributed by atoms with Crippen LogP contribution in [-0.2, 0) is 35.9 Å². The van der Waals surface area contributed by atoms with Crippen molar-refractivity contribution in [1.82, 2.24) is 4.98 Å². The molecule has 5 N–H and O–H groups in total. The fourth-order valence-electron chi connectivity index (χ4n) is 7.41. The van der Waals surface area contributed by atoms with Crippen molar-refractivity contribution >= 4 is 16.6 Å². The summed E-state index contributed by atoms with van der Waals surface area (Å²) >= 11 is 0. The second kappa shape index (κ2) is 16.3. The molecule has 3 unspecified atom stereocenters. The number of rotatable bonds is 16. The van der Waals surface area contributed by atoms with Gasteiger partial charge >= 0.3 is 0 Å². The molecule has 3 atom stereocenters. The van der Waals surface area contributed by atoms with Crippen LogP contribution >= 0.6 is 0 Å². The van der Waals surface area contributed by atoms with Crippen molar-refractivity contribution in [3.05, 3.63) is 149 Å². The van der Waals surface area contributed by atoms with Crippen LogP contribution in [0.25, 0.3) is 10.8 Å². The number of phenolic OH excluding ortho intramolecular Hbond substituents is 3. The van der Waals surface area contributed by atoms with E-state index in [0.29, 0.717) is 36.1 Å². The molecule has 0 fully saturated rings. The third-order valence-corrected chi connectivity index (χ3v) is 10.3. The highest BCUT2D eigenvalue weighted by Gasteiger charge is 2.41. The second-order valence-corrected chi connectivity index (χ2v) is 13.6. The predicted octanol–water partition coefficient (Wildman–Crippen LogP) is 6.42. The standard InChI is InChI=1S/C44H44NO8/c1-52-41-20-28(13-15-38(41)48)25-44(27-46,34-10-6-11-35(47)23-34)42(51)24-40(50)33(19-29-17-18-45-26-29)21-32-14-16-39(49)43(53-2)37(32)22-31-9-5-8-30-7-3-4-12-36(30)31/h3-18,20,23,26,33,40,46-50H,19,21-22,24-25,27H2,1-2H3/q-1. The number of hydrogen-bond donors (Lipinski definition) is 5. The van der Waals surface area contributed by atoms with Gasteiger partial charge in [0.05, 0.1) is 32.3 Å². The molecule has 0 amide bonds. The van der Waals surface area contributed by atoms with Gasteiger partial charge in [0.15, 0.2) is 23.0 Å². The van der Waals surface area contributed by atoms with Crippen LogP contribution in [0.3, 0.4) is 0 Å². The predicted molar refractivity (Wildman–Crippen MR) is 203 cm³/mol. The molecular weight excluding hydrogens is 670 g/mol. The SMILES string of the molecule is COc1cc(CC(CO)(C(=O)CC(O)C(Cc2cc[n-]c2)Cc2ccc(O)c(OC)c2Cc2cccc3ccccc23)c2cccc(O)c2)ccc1O. The highest BCUT2D eigenvalue weighted by atomic mass is 16.5. The molecule has 5 aromatic carbocycles. The van der Waals surface area contributed by atoms with E-state index in [1.165, 1.54) is 32.4 Å². The van der Waals surface area contributed by atoms with Crippen molar-refractivity contribution in [2.24, 2.45) is 5.92 Å². The number of benzene rings is 5. The second-order valence-electron chi connectivity index (χ2n) is 13.6. The maximum Gasteiger partial charge on any atom is 0.164 e. The number of fused-ring (bicyclic) bond motifs is 1. The van der Waals surface area contributed by atoms with Gasteiger partial charge in [-0.3, -0.25) is 4.79 Å². The topological polar surface area (TPSA) is 151 Å². The van der Waals surface area contributed by atoms with Gasteiger partial charge in [-0.05, 0) is 88.5 Å². The van der Waals surface area contributed by atoms with E-state index >= 15 is 0 Å². The highest BCUT2D eigenvalue weighted by Crippen LogP contribution is 2.39. The average Bonchev–Trinajstić information content (AvgIpc) is 3.68. The zero-order valence-corrected chi connectivity index (χ0v) is 29.8. The number of ether oxygens (including phenoxy) is 2. The smallest absolute Gasteiger partial charge is 0.164 e. The zero-order valence-electron chi connectivity index (χ0n) is 29.8. The first-order valence-electron chi connectivity index (χ1n) is 17.5. The Morgan fingerprint density at radius 2 is 1.57 bits per heavy atom. The number of hydrogen-bond acceptors (Lipinski definition) is 8. The molecule has 274 valence electrons. The first-order chi connectivity index (χ1) is 25.6. The van der Waals surface area contributed by atoms with E-state index in [1.807, 2.05) is 30.3 Å². The van der Waals surface area contributed by atoms with Crippen LogP contribution in [0.15, 0.2) is 116 Å². The molecule has 6 aromatic rings. The number of ketones is 1. The van der Waals surface area contributed by atoms with E-state index in [-0.39, 0.29) is 35.8 Å². The molecule has 0 aliphatic heterocycles. The molecule has 0 saturated heterocycles. The number of aromatic nitrogens is 1. The van der Waals surface area contributed by atoms with Gasteiger partial charge in [0.25, 0.3) is 0 Å². The Kier molecular flexibility index (Phi) is 11.4. The van der Waals surface area contributed by atoms with Gasteiger partial charge in [-0.15, -0.1) is 0 Å². The van der Waals surface area contributed by atoms with E-state index in [0.717, 1.165) is 33.0 Å². The summed E-state index contributed by atoms with van der Waals surface area (Å²) in [6.45, 7) is -0.604. The van der Waals surface area contributed by atoms with Gasteiger partial charge in [0, 0.05) is 18.4 Å². The van der Waals surface area contributed by atoms with Crippen molar-refractivity contribution in [3.63, 3.8) is 0 Å². The molecule has 1 aromatic heterocycles. The summed E-state index contributed by atoms with van der Waals surface area (Å²) in [5.74, 6) is -0.484. The number of phenols is 3. The minimum Gasteiger partial charge on any atom is -0.670 e. The molecular formula is C44H44NO8-. The van der Waals surface area contributed by atoms with Crippen LogP contribution < -0.4 is 14.5 Å². The fraction of sp³-hybridized carbons (Fsp3) is 0.250. The molecule has 6 rings (SSSR count). The summed E-state index contributed by atoms with van der Waals surface area (Å²) in [7, 11) is 2.94. The Morgan fingerprint density at radius 3 is 2.30 bits per heavy atom. The van der Waals surface area contributed by atoms with Gasteiger partial charge in [0.2, 0.25) is 0 Å². The largest absolute Gasteiger partial charge is 0.670 e. The summed E-state index contributed by atoms with van der Waals surface area (Å²) in [5, 5.41) is 56.9. The molecule has 0 saturated carbocycles. The molecule has 9 heteroatoms. The van der Waals surface area contributed by atoms with Gasteiger partial charge in [-0.1, -0.05) is 78.4 Å². The monoisotopic (exact) mass is 714 g/mol. The quantitative estimate of drug-likeness (QED) is 0.0766. The number of aromatic hydroxyl groups is 3. The molecule has 0 bridgehead atoms. The lowest BCUT2D eigenvalue weighted by Crippen LogP contribution is -2.44. The Hall–Kier alpha value is -5.77. The number of carbonyl (C=O) groups is 1. The first kappa shape index (κ1) is 37.0. The number of nitrogens with zero attached hydrogens (tertiary/aromatic N) is 1. The highest BCUT2D eigenvalue weighted by molar-refractivity contribution is 5.91. The van der Waals surface area contributed by atoms with Gasteiger partial charge in [-0.25, -0.2) is 0 Å². The van der Waals surface area contributed by atoms with Crippen LogP contribution in [0.5, 0.6) is 28.7 Å². The van der Waals surface area contributed by atoms with Crippen molar-refractivity contribution in [3.8, 4) is 28.7 Å². The Labute approximate surface area is 308 Å². The summed E-state index contributed by atoms with van der Waals surface area (Å²) in [6, 6.07) is 30.4. The normalized spacial score (nSPS) is 13.7. The van der Waals surface area contributed by atoms with E-state index in [9.17, 15) is 30.3 Å². The number of aliphatic hydroxyl groups is 2. The van der Waals surface area contributed by atoms with Crippen molar-refractivity contribution in [2.75, 3.05) is 20.8 Å². The number of carbonyl (C=O) groups excluding carboxylic acids is 1. The average molecular weight is 715 g/mol. The van der Waals surface area contributed by atoms with Crippen LogP contribution in [0.4, 0.5) is 0 Å². The van der Waals surface area contributed by atoms with Gasteiger partial charge in [-0.2, -0.15) is 12.4 Å². The lowest BCUT2D eigenvalue weighted by molar-refractivity contribution is -0.129. The summed E-state index contributed by atoms with van der Waals surface area (Å²) in [5.41, 5.74) is 3.01. The summed E-state index contributed by atoms with van der Waals surface area (Å²) in [6.07, 6.45) is 3.15. The minimum atomic E-state index is -1.55. The minimum absolute atomic E-state index is 0.00343. The zero-order chi connectivity index (χ0) is 37.5. The first-order valence-corrected chi connectivity index (χ1v) is 17.5. The Morgan fingerprint density at radius 1 is 0.792 bits per heavy atom. The van der Waals surface area contributed by atoms with E-state index in [2.05, 4.69) is 29.2 Å². The van der Waals surface area contributed by atoms with Crippen LogP contribution in [-0.4, -0.2) is 58.2 Å². The summed E-state index contributed by atoms with van der Waals surface area (Å²) < 4.78 is 11.1. The van der Waals surface area contributed by atoms with Crippen molar-refractivity contribution in [2.45, 2.75) is 43.6 Å². The van der Waals surface area contributed by atoms with E-state index < -0.39 is 29.8 Å². The third kappa shape index (κ3) is 8.01. The van der Waals surface area contributed by atoms with Crippen LogP contribution in [0.2, 0.25) is 0 Å². The number of aliphatic hydroxyl groups excluding tert-OH is 2. The lowest BCUT2D eigenvalue weighted by Gasteiger charge is -2.34. The Balaban J connectivity index is 1.37. The van der Waals surface area contributed by atoms with Crippen LogP contribution in [0.1, 0.15) is 39.8 Å². The lowest BCUT2D eigenvalue weighted by atomic mass is 9.70. The molecule has 0 aliphatic rings. The van der Waals surface area contributed by atoms with Crippen molar-refractivity contribution in [1.29, 1.82) is 0 Å². The van der Waals surface area contributed by atoms with Crippen LogP contribution in [0, 0.1) is 5.92 Å². The van der Waals surface area contributed by atoms with E-state index in [4.69, 9.17) is 9.47 Å². The molecule has 0 spiro atoms. The van der Waals surface area contributed by atoms with Crippen molar-refractivity contribution < 1.29 is 39.8 Å². The molecule has 0 aliphatic carbocycles. The number of methoxy groups -OCH3 is 2. The van der Waals surface area contributed by atoms with Gasteiger partial charge in [0.1, 0.15) is 11.5 Å². The molecule has 9 nitrogen and oxygen atoms in total. The maximum atomic E-state index is 14.6. The number of Topliss-reactive ketones (excluding diaryl/α,β-unsaturated/α-hetero) is 1. The Bertz CT molecular complexity index is 2170. The third-order valence-electron chi connectivity index (χ3n) is 10.3. The van der Waals surface area contributed by atoms with Gasteiger partial charge < -0.3 is 40.0 Å². The maximum absolute atomic E-state index is 14.6. The van der Waals surface area contributed by atoms with E-state index in [1.54, 1.807) is 42.7 Å². The molecule has 0 radical (unpaired) electrons. The summed E-state index contributed by atoms with van der Waals surface area (Å²) in [4.78, 5) is 18.9. The molecule has 1 heterocycles. The fourth-order valence-corrected chi connectivity index (χ4v) is 7.41. The molecule has 53 heavy (non-hydrogen) atoms.